The molecular formula is C14H13ClN2O3S. The van der Waals surface area contributed by atoms with Gasteiger partial charge in [-0.3, -0.25) is 14.6 Å². The van der Waals surface area contributed by atoms with Crippen LogP contribution in [0.15, 0.2) is 30.6 Å². The molecule has 0 spiro atoms. The molecule has 0 fully saturated rings. The summed E-state index contributed by atoms with van der Waals surface area (Å²) in [6.07, 6.45) is 3.17. The quantitative estimate of drug-likeness (QED) is 0.801. The zero-order valence-electron chi connectivity index (χ0n) is 11.0. The number of aromatic nitrogens is 1. The number of anilines is 1. The summed E-state index contributed by atoms with van der Waals surface area (Å²) >= 11 is 6.96. The van der Waals surface area contributed by atoms with Crippen molar-refractivity contribution in [3.05, 3.63) is 45.4 Å². The molecule has 2 aromatic rings. The van der Waals surface area contributed by atoms with E-state index in [1.807, 2.05) is 0 Å². The molecule has 0 aliphatic rings. The molecule has 2 heterocycles. The lowest BCUT2D eigenvalue weighted by Gasteiger charge is -2.08. The minimum absolute atomic E-state index is 0.0636. The number of halogens is 1. The SMILES string of the molecule is O=C(CCC(=O)c1ccc(Cl)s1)Nc1cnccc1CO. The van der Waals surface area contributed by atoms with Crippen LogP contribution in [0.25, 0.3) is 0 Å². The number of hydrogen-bond acceptors (Lipinski definition) is 5. The molecule has 5 nitrogen and oxygen atoms in total. The number of carbonyl (C=O) groups excluding carboxylic acids is 2. The second kappa shape index (κ2) is 7.31. The van der Waals surface area contributed by atoms with Crippen molar-refractivity contribution in [1.82, 2.24) is 4.98 Å². The van der Waals surface area contributed by atoms with E-state index >= 15 is 0 Å². The maximum atomic E-state index is 11.9. The highest BCUT2D eigenvalue weighted by Crippen LogP contribution is 2.23. The Bertz CT molecular complexity index is 657. The first kappa shape index (κ1) is 15.6. The van der Waals surface area contributed by atoms with Crippen LogP contribution in [0, 0.1) is 0 Å². The Kier molecular flexibility index (Phi) is 5.44. The predicted octanol–water partition coefficient (Wildman–Crippen LogP) is 2.89. The molecule has 0 aromatic carbocycles. The summed E-state index contributed by atoms with van der Waals surface area (Å²) in [5.74, 6) is -0.413. The van der Waals surface area contributed by atoms with E-state index in [0.29, 0.717) is 20.5 Å². The highest BCUT2D eigenvalue weighted by molar-refractivity contribution is 7.18. The second-order valence-electron chi connectivity index (χ2n) is 4.27. The molecule has 7 heteroatoms. The molecule has 21 heavy (non-hydrogen) atoms. The fourth-order valence-electron chi connectivity index (χ4n) is 1.70. The van der Waals surface area contributed by atoms with E-state index in [4.69, 9.17) is 16.7 Å². The standard InChI is InChI=1S/C14H13ClN2O3S/c15-13-3-2-12(21-13)11(19)1-4-14(20)17-10-7-16-6-5-9(10)8-18/h2-3,5-7,18H,1,4,8H2,(H,17,20). The lowest BCUT2D eigenvalue weighted by atomic mass is 10.1. The van der Waals surface area contributed by atoms with Crippen LogP contribution in [0.2, 0.25) is 4.34 Å². The molecule has 2 N–H and O–H groups in total. The largest absolute Gasteiger partial charge is 0.392 e. The van der Waals surface area contributed by atoms with E-state index < -0.39 is 0 Å². The Morgan fingerprint density at radius 3 is 2.76 bits per heavy atom. The molecule has 0 bridgehead atoms. The Hall–Kier alpha value is -1.76. The molecule has 0 radical (unpaired) electrons. The minimum Gasteiger partial charge on any atom is -0.392 e. The van der Waals surface area contributed by atoms with Crippen LogP contribution in [0.3, 0.4) is 0 Å². The van der Waals surface area contributed by atoms with E-state index in [1.165, 1.54) is 23.7 Å². The Morgan fingerprint density at radius 1 is 1.29 bits per heavy atom. The molecule has 0 aliphatic carbocycles. The van der Waals surface area contributed by atoms with Crippen LogP contribution < -0.4 is 5.32 Å². The molecule has 0 saturated carbocycles. The summed E-state index contributed by atoms with van der Waals surface area (Å²) in [7, 11) is 0. The van der Waals surface area contributed by atoms with Gasteiger partial charge in [0.1, 0.15) is 0 Å². The van der Waals surface area contributed by atoms with Crippen LogP contribution in [0.5, 0.6) is 0 Å². The first-order chi connectivity index (χ1) is 10.1. The summed E-state index contributed by atoms with van der Waals surface area (Å²) in [6.45, 7) is -0.190. The molecule has 0 aliphatic heterocycles. The molecule has 0 atom stereocenters. The maximum absolute atomic E-state index is 11.9. The van der Waals surface area contributed by atoms with Gasteiger partial charge in [0.2, 0.25) is 5.91 Å². The summed E-state index contributed by atoms with van der Waals surface area (Å²) in [5, 5.41) is 11.8. The van der Waals surface area contributed by atoms with Gasteiger partial charge in [-0.25, -0.2) is 0 Å². The third-order valence-corrected chi connectivity index (χ3v) is 4.06. The van der Waals surface area contributed by atoms with Crippen molar-refractivity contribution in [3.63, 3.8) is 0 Å². The topological polar surface area (TPSA) is 79.3 Å². The smallest absolute Gasteiger partial charge is 0.224 e. The number of amides is 1. The number of thiophene rings is 1. The summed E-state index contributed by atoms with van der Waals surface area (Å²) in [5.41, 5.74) is 1.03. The number of nitrogens with one attached hydrogen (secondary N) is 1. The van der Waals surface area contributed by atoms with Crippen molar-refractivity contribution in [3.8, 4) is 0 Å². The summed E-state index contributed by atoms with van der Waals surface area (Å²) in [4.78, 5) is 28.1. The zero-order chi connectivity index (χ0) is 15.2. The fourth-order valence-corrected chi connectivity index (χ4v) is 2.71. The number of aliphatic hydroxyl groups is 1. The highest BCUT2D eigenvalue weighted by atomic mass is 35.5. The molecule has 1 amide bonds. The zero-order valence-corrected chi connectivity index (χ0v) is 12.6. The van der Waals surface area contributed by atoms with Gasteiger partial charge >= 0.3 is 0 Å². The number of aliphatic hydroxyl groups excluding tert-OH is 1. The van der Waals surface area contributed by atoms with Crippen molar-refractivity contribution in [2.45, 2.75) is 19.4 Å². The van der Waals surface area contributed by atoms with Crippen LogP contribution >= 0.6 is 22.9 Å². The number of hydrogen-bond donors (Lipinski definition) is 2. The Balaban J connectivity index is 1.89. The van der Waals surface area contributed by atoms with Gasteiger partial charge in [0.25, 0.3) is 0 Å². The van der Waals surface area contributed by atoms with E-state index in [9.17, 15) is 9.59 Å². The van der Waals surface area contributed by atoms with Crippen molar-refractivity contribution < 1.29 is 14.7 Å². The molecule has 0 unspecified atom stereocenters. The van der Waals surface area contributed by atoms with Gasteiger partial charge in [-0.1, -0.05) is 11.6 Å². The van der Waals surface area contributed by atoms with Crippen molar-refractivity contribution in [1.29, 1.82) is 0 Å². The van der Waals surface area contributed by atoms with Crippen molar-refractivity contribution in [2.24, 2.45) is 0 Å². The molecule has 2 aromatic heterocycles. The third-order valence-electron chi connectivity index (χ3n) is 2.78. The number of carbonyl (C=O) groups is 2. The number of rotatable bonds is 6. The third kappa shape index (κ3) is 4.35. The van der Waals surface area contributed by atoms with Gasteiger partial charge < -0.3 is 10.4 Å². The van der Waals surface area contributed by atoms with Crippen LogP contribution in [0.1, 0.15) is 28.1 Å². The average Bonchev–Trinajstić information content (AvgIpc) is 2.92. The minimum atomic E-state index is -0.297. The number of pyridine rings is 1. The van der Waals surface area contributed by atoms with E-state index in [-0.39, 0.29) is 31.1 Å². The summed E-state index contributed by atoms with van der Waals surface area (Å²) in [6, 6.07) is 4.93. The lowest BCUT2D eigenvalue weighted by molar-refractivity contribution is -0.116. The number of Topliss-reactive ketones (excluding diaryl/α,β-unsaturated/α-hetero) is 1. The van der Waals surface area contributed by atoms with E-state index in [2.05, 4.69) is 10.3 Å². The first-order valence-corrected chi connectivity index (χ1v) is 7.41. The van der Waals surface area contributed by atoms with Crippen molar-refractivity contribution in [2.75, 3.05) is 5.32 Å². The van der Waals surface area contributed by atoms with Gasteiger partial charge in [-0.15, -0.1) is 11.3 Å². The van der Waals surface area contributed by atoms with Crippen LogP contribution in [-0.2, 0) is 11.4 Å². The van der Waals surface area contributed by atoms with Crippen LogP contribution in [0.4, 0.5) is 5.69 Å². The Morgan fingerprint density at radius 2 is 2.10 bits per heavy atom. The van der Waals surface area contributed by atoms with Gasteiger partial charge in [0.05, 0.1) is 27.7 Å². The molecular weight excluding hydrogens is 312 g/mol. The van der Waals surface area contributed by atoms with Gasteiger partial charge in [0, 0.05) is 24.6 Å². The summed E-state index contributed by atoms with van der Waals surface area (Å²) < 4.78 is 0.547. The fraction of sp³-hybridized carbons (Fsp3) is 0.214. The van der Waals surface area contributed by atoms with Gasteiger partial charge in [0.15, 0.2) is 5.78 Å². The predicted molar refractivity (Wildman–Crippen MR) is 81.7 cm³/mol. The monoisotopic (exact) mass is 324 g/mol. The lowest BCUT2D eigenvalue weighted by Crippen LogP contribution is -2.14. The Labute approximate surface area is 130 Å². The first-order valence-electron chi connectivity index (χ1n) is 6.22. The normalized spacial score (nSPS) is 10.4. The van der Waals surface area contributed by atoms with Gasteiger partial charge in [-0.05, 0) is 18.2 Å². The van der Waals surface area contributed by atoms with E-state index in [0.717, 1.165) is 0 Å². The van der Waals surface area contributed by atoms with Gasteiger partial charge in [-0.2, -0.15) is 0 Å². The second-order valence-corrected chi connectivity index (χ2v) is 5.98. The maximum Gasteiger partial charge on any atom is 0.224 e. The average molecular weight is 325 g/mol. The van der Waals surface area contributed by atoms with Crippen molar-refractivity contribution >= 4 is 40.3 Å². The molecule has 0 saturated heterocycles. The van der Waals surface area contributed by atoms with E-state index in [1.54, 1.807) is 18.2 Å². The molecule has 2 rings (SSSR count). The highest BCUT2D eigenvalue weighted by Gasteiger charge is 2.12. The number of ketones is 1. The van der Waals surface area contributed by atoms with Crippen LogP contribution in [-0.4, -0.2) is 21.8 Å². The number of nitrogens with zero attached hydrogens (tertiary/aromatic N) is 1. The molecule has 110 valence electrons.